The lowest BCUT2D eigenvalue weighted by Gasteiger charge is -2.07. The summed E-state index contributed by atoms with van der Waals surface area (Å²) >= 11 is 0. The Hall–Kier alpha value is -0.940. The molecule has 4 heteroatoms. The van der Waals surface area contributed by atoms with Gasteiger partial charge in [-0.1, -0.05) is 31.2 Å². The molecule has 0 aliphatic carbocycles. The minimum absolute atomic E-state index is 0.632. The Balaban J connectivity index is 2.04. The molecule has 120 valence electrons. The van der Waals surface area contributed by atoms with Crippen LogP contribution in [-0.2, 0) is 27.4 Å². The zero-order valence-electron chi connectivity index (χ0n) is 13.4. The van der Waals surface area contributed by atoms with Crippen LogP contribution in [0.1, 0.15) is 30.9 Å². The van der Waals surface area contributed by atoms with E-state index in [1.165, 1.54) is 17.5 Å². The van der Waals surface area contributed by atoms with E-state index >= 15 is 0 Å². The van der Waals surface area contributed by atoms with Crippen molar-refractivity contribution in [2.75, 3.05) is 40.1 Å². The summed E-state index contributed by atoms with van der Waals surface area (Å²) in [6, 6.07) is 8.57. The van der Waals surface area contributed by atoms with Gasteiger partial charge in [-0.25, -0.2) is 0 Å². The Morgan fingerprint density at radius 2 is 1.62 bits per heavy atom. The predicted molar refractivity (Wildman–Crippen MR) is 85.4 cm³/mol. The van der Waals surface area contributed by atoms with Gasteiger partial charge in [-0.15, -0.1) is 0 Å². The summed E-state index contributed by atoms with van der Waals surface area (Å²) < 4.78 is 16.0. The summed E-state index contributed by atoms with van der Waals surface area (Å²) in [4.78, 5) is 0. The van der Waals surface area contributed by atoms with Gasteiger partial charge >= 0.3 is 0 Å². The highest BCUT2D eigenvalue weighted by atomic mass is 16.5. The van der Waals surface area contributed by atoms with E-state index < -0.39 is 0 Å². The first-order chi connectivity index (χ1) is 10.4. The Kier molecular flexibility index (Phi) is 11.0. The van der Waals surface area contributed by atoms with Crippen LogP contribution in [0, 0.1) is 0 Å². The summed E-state index contributed by atoms with van der Waals surface area (Å²) in [6.07, 6.45) is 2.10. The highest BCUT2D eigenvalue weighted by Crippen LogP contribution is 2.05. The number of ether oxygens (including phenoxy) is 3. The van der Waals surface area contributed by atoms with Crippen LogP contribution in [0.15, 0.2) is 24.3 Å². The first-order valence-electron chi connectivity index (χ1n) is 7.79. The van der Waals surface area contributed by atoms with Gasteiger partial charge in [0.25, 0.3) is 0 Å². The summed E-state index contributed by atoms with van der Waals surface area (Å²) in [5, 5.41) is 3.39. The first-order valence-corrected chi connectivity index (χ1v) is 7.79. The molecule has 0 saturated heterocycles. The monoisotopic (exact) mass is 295 g/mol. The molecular weight excluding hydrogens is 266 g/mol. The molecule has 21 heavy (non-hydrogen) atoms. The van der Waals surface area contributed by atoms with E-state index in [9.17, 15) is 0 Å². The predicted octanol–water partition coefficient (Wildman–Crippen LogP) is 2.76. The highest BCUT2D eigenvalue weighted by Gasteiger charge is 1.96. The van der Waals surface area contributed by atoms with Crippen LogP contribution in [-0.4, -0.2) is 40.1 Å². The van der Waals surface area contributed by atoms with Crippen molar-refractivity contribution in [2.45, 2.75) is 32.9 Å². The maximum absolute atomic E-state index is 5.59. The molecule has 0 aliphatic heterocycles. The van der Waals surface area contributed by atoms with Crippen LogP contribution in [0.5, 0.6) is 0 Å². The maximum atomic E-state index is 5.59. The molecule has 0 fully saturated rings. The molecule has 1 aromatic carbocycles. The minimum Gasteiger partial charge on any atom is -0.385 e. The second-order valence-electron chi connectivity index (χ2n) is 5.00. The van der Waals surface area contributed by atoms with E-state index in [1.807, 2.05) is 0 Å². The van der Waals surface area contributed by atoms with Crippen LogP contribution < -0.4 is 5.32 Å². The number of hydrogen-bond donors (Lipinski definition) is 1. The van der Waals surface area contributed by atoms with E-state index in [0.29, 0.717) is 19.8 Å². The van der Waals surface area contributed by atoms with Gasteiger partial charge in [-0.05, 0) is 30.5 Å². The average molecular weight is 295 g/mol. The van der Waals surface area contributed by atoms with Crippen molar-refractivity contribution in [1.29, 1.82) is 0 Å². The van der Waals surface area contributed by atoms with E-state index in [2.05, 4.69) is 36.5 Å². The van der Waals surface area contributed by atoms with Crippen molar-refractivity contribution in [3.63, 3.8) is 0 Å². The number of benzene rings is 1. The number of methoxy groups -OCH3 is 1. The quantitative estimate of drug-likeness (QED) is 0.568. The second-order valence-corrected chi connectivity index (χ2v) is 5.00. The smallest absolute Gasteiger partial charge is 0.0718 e. The standard InChI is InChI=1S/C17H29NO3/c1-3-9-18-14-16-5-7-17(8-6-16)15-21-13-12-20-11-4-10-19-2/h5-8,18H,3-4,9-15H2,1-2H3. The molecular formula is C17H29NO3. The molecule has 1 N–H and O–H groups in total. The van der Waals surface area contributed by atoms with Crippen molar-refractivity contribution >= 4 is 0 Å². The Bertz CT molecular complexity index is 340. The fourth-order valence-corrected chi connectivity index (χ4v) is 1.88. The Labute approximate surface area is 128 Å². The van der Waals surface area contributed by atoms with Crippen LogP contribution in [0.25, 0.3) is 0 Å². The number of nitrogens with one attached hydrogen (secondary N) is 1. The fraction of sp³-hybridized carbons (Fsp3) is 0.647. The number of hydrogen-bond acceptors (Lipinski definition) is 4. The molecule has 0 radical (unpaired) electrons. The molecule has 1 rings (SSSR count). The van der Waals surface area contributed by atoms with Gasteiger partial charge in [0.2, 0.25) is 0 Å². The molecule has 0 aromatic heterocycles. The summed E-state index contributed by atoms with van der Waals surface area (Å²) in [5.41, 5.74) is 2.52. The fourth-order valence-electron chi connectivity index (χ4n) is 1.88. The first kappa shape index (κ1) is 18.1. The van der Waals surface area contributed by atoms with Crippen molar-refractivity contribution in [1.82, 2.24) is 5.32 Å². The molecule has 0 saturated carbocycles. The van der Waals surface area contributed by atoms with Gasteiger partial charge in [0.05, 0.1) is 19.8 Å². The van der Waals surface area contributed by atoms with Gasteiger partial charge < -0.3 is 19.5 Å². The molecule has 4 nitrogen and oxygen atoms in total. The number of rotatable bonds is 13. The molecule has 0 amide bonds. The SMILES string of the molecule is CCCNCc1ccc(COCCOCCCOC)cc1. The second kappa shape index (κ2) is 12.8. The van der Waals surface area contributed by atoms with Gasteiger partial charge in [-0.2, -0.15) is 0 Å². The van der Waals surface area contributed by atoms with E-state index in [0.717, 1.165) is 32.7 Å². The third-order valence-electron chi connectivity index (χ3n) is 3.06. The highest BCUT2D eigenvalue weighted by molar-refractivity contribution is 5.21. The maximum Gasteiger partial charge on any atom is 0.0718 e. The molecule has 0 unspecified atom stereocenters. The van der Waals surface area contributed by atoms with Gasteiger partial charge in [0.15, 0.2) is 0 Å². The molecule has 0 atom stereocenters. The van der Waals surface area contributed by atoms with E-state index in [1.54, 1.807) is 7.11 Å². The normalized spacial score (nSPS) is 11.0. The molecule has 0 spiro atoms. The lowest BCUT2D eigenvalue weighted by molar-refractivity contribution is 0.0337. The van der Waals surface area contributed by atoms with Gasteiger partial charge in [0.1, 0.15) is 0 Å². The zero-order valence-corrected chi connectivity index (χ0v) is 13.4. The lowest BCUT2D eigenvalue weighted by atomic mass is 10.1. The lowest BCUT2D eigenvalue weighted by Crippen LogP contribution is -2.13. The third-order valence-corrected chi connectivity index (χ3v) is 3.06. The molecule has 0 heterocycles. The summed E-state index contributed by atoms with van der Waals surface area (Å²) in [5.74, 6) is 0. The van der Waals surface area contributed by atoms with Crippen LogP contribution in [0.3, 0.4) is 0 Å². The van der Waals surface area contributed by atoms with Crippen LogP contribution in [0.4, 0.5) is 0 Å². The van der Waals surface area contributed by atoms with E-state index in [-0.39, 0.29) is 0 Å². The molecule has 1 aromatic rings. The van der Waals surface area contributed by atoms with Gasteiger partial charge in [-0.3, -0.25) is 0 Å². The van der Waals surface area contributed by atoms with Crippen LogP contribution >= 0.6 is 0 Å². The largest absolute Gasteiger partial charge is 0.385 e. The summed E-state index contributed by atoms with van der Waals surface area (Å²) in [7, 11) is 1.70. The topological polar surface area (TPSA) is 39.7 Å². The van der Waals surface area contributed by atoms with Gasteiger partial charge in [0, 0.05) is 26.9 Å². The molecule has 0 bridgehead atoms. The Morgan fingerprint density at radius 1 is 0.905 bits per heavy atom. The van der Waals surface area contributed by atoms with E-state index in [4.69, 9.17) is 14.2 Å². The summed E-state index contributed by atoms with van der Waals surface area (Å²) in [6.45, 7) is 7.57. The van der Waals surface area contributed by atoms with Crippen molar-refractivity contribution in [2.24, 2.45) is 0 Å². The van der Waals surface area contributed by atoms with Crippen molar-refractivity contribution in [3.8, 4) is 0 Å². The minimum atomic E-state index is 0.632. The van der Waals surface area contributed by atoms with Crippen molar-refractivity contribution < 1.29 is 14.2 Å². The third kappa shape index (κ3) is 9.58. The van der Waals surface area contributed by atoms with Crippen LogP contribution in [0.2, 0.25) is 0 Å². The average Bonchev–Trinajstić information content (AvgIpc) is 2.52. The zero-order chi connectivity index (χ0) is 15.2. The Morgan fingerprint density at radius 3 is 2.33 bits per heavy atom. The van der Waals surface area contributed by atoms with Crippen molar-refractivity contribution in [3.05, 3.63) is 35.4 Å². The molecule has 0 aliphatic rings.